The molecule has 122 valence electrons. The number of ether oxygens (including phenoxy) is 1. The van der Waals surface area contributed by atoms with Crippen molar-refractivity contribution in [3.05, 3.63) is 18.0 Å². The summed E-state index contributed by atoms with van der Waals surface area (Å²) in [5.74, 6) is 0.641. The molecule has 2 fully saturated rings. The van der Waals surface area contributed by atoms with Crippen molar-refractivity contribution in [2.75, 3.05) is 32.8 Å². The predicted molar refractivity (Wildman–Crippen MR) is 83.7 cm³/mol. The van der Waals surface area contributed by atoms with Crippen LogP contribution < -0.4 is 5.32 Å². The number of nitrogens with zero attached hydrogens (tertiary/aromatic N) is 3. The first-order chi connectivity index (χ1) is 10.7. The molecule has 0 spiro atoms. The normalized spacial score (nSPS) is 26.8. The fraction of sp³-hybridized carbons (Fsp3) is 0.750. The number of aryl methyl sites for hydroxylation is 1. The second-order valence-corrected chi connectivity index (χ2v) is 6.56. The number of nitrogens with one attached hydrogen (secondary N) is 1. The third-order valence-electron chi connectivity index (χ3n) is 4.58. The summed E-state index contributed by atoms with van der Waals surface area (Å²) >= 11 is 0. The highest BCUT2D eigenvalue weighted by molar-refractivity contribution is 5.93. The Morgan fingerprint density at radius 3 is 3.09 bits per heavy atom. The van der Waals surface area contributed by atoms with Crippen molar-refractivity contribution in [2.24, 2.45) is 13.0 Å². The van der Waals surface area contributed by atoms with Gasteiger partial charge in [-0.1, -0.05) is 0 Å². The molecule has 6 nitrogen and oxygen atoms in total. The monoisotopic (exact) mass is 306 g/mol. The molecule has 2 saturated heterocycles. The van der Waals surface area contributed by atoms with Gasteiger partial charge in [0.2, 0.25) is 0 Å². The molecule has 1 amide bonds. The van der Waals surface area contributed by atoms with Crippen LogP contribution in [0, 0.1) is 5.92 Å². The van der Waals surface area contributed by atoms with E-state index in [0.717, 1.165) is 45.7 Å². The van der Waals surface area contributed by atoms with Crippen LogP contribution in [-0.4, -0.2) is 59.5 Å². The van der Waals surface area contributed by atoms with Crippen molar-refractivity contribution >= 4 is 5.91 Å². The molecule has 3 rings (SSSR count). The van der Waals surface area contributed by atoms with Crippen molar-refractivity contribution in [2.45, 2.75) is 31.7 Å². The first kappa shape index (κ1) is 15.5. The zero-order valence-electron chi connectivity index (χ0n) is 13.3. The predicted octanol–water partition coefficient (Wildman–Crippen LogP) is 1.04. The summed E-state index contributed by atoms with van der Waals surface area (Å²) < 4.78 is 7.23. The SMILES string of the molecule is Cn1cc(C(=O)NC2CCCN(CC3CCCOC3)C2)cn1. The zero-order chi connectivity index (χ0) is 15.4. The van der Waals surface area contributed by atoms with Gasteiger partial charge in [0.05, 0.1) is 18.4 Å². The molecular formula is C16H26N4O2. The largest absolute Gasteiger partial charge is 0.381 e. The van der Waals surface area contributed by atoms with E-state index in [1.807, 2.05) is 7.05 Å². The Morgan fingerprint density at radius 2 is 2.36 bits per heavy atom. The van der Waals surface area contributed by atoms with Crippen molar-refractivity contribution in [3.8, 4) is 0 Å². The number of aromatic nitrogens is 2. The van der Waals surface area contributed by atoms with E-state index in [2.05, 4.69) is 15.3 Å². The van der Waals surface area contributed by atoms with Crippen LogP contribution in [0.1, 0.15) is 36.0 Å². The highest BCUT2D eigenvalue weighted by atomic mass is 16.5. The summed E-state index contributed by atoms with van der Waals surface area (Å²) in [5, 5.41) is 7.21. The summed E-state index contributed by atoms with van der Waals surface area (Å²) in [6.45, 7) is 4.99. The molecule has 2 aliphatic heterocycles. The summed E-state index contributed by atoms with van der Waals surface area (Å²) in [5.41, 5.74) is 0.639. The Morgan fingerprint density at radius 1 is 1.45 bits per heavy atom. The van der Waals surface area contributed by atoms with Crippen LogP contribution in [0.15, 0.2) is 12.4 Å². The topological polar surface area (TPSA) is 59.4 Å². The van der Waals surface area contributed by atoms with Crippen LogP contribution in [0.25, 0.3) is 0 Å². The van der Waals surface area contributed by atoms with Gasteiger partial charge in [-0.2, -0.15) is 5.10 Å². The van der Waals surface area contributed by atoms with Crippen molar-refractivity contribution in [1.82, 2.24) is 20.0 Å². The van der Waals surface area contributed by atoms with E-state index in [1.165, 1.54) is 12.8 Å². The summed E-state index contributed by atoms with van der Waals surface area (Å²) in [4.78, 5) is 14.7. The molecule has 0 radical (unpaired) electrons. The molecule has 1 N–H and O–H groups in total. The van der Waals surface area contributed by atoms with E-state index < -0.39 is 0 Å². The molecule has 3 heterocycles. The first-order valence-electron chi connectivity index (χ1n) is 8.30. The van der Waals surface area contributed by atoms with Gasteiger partial charge in [-0.3, -0.25) is 9.48 Å². The highest BCUT2D eigenvalue weighted by Gasteiger charge is 2.25. The molecule has 6 heteroatoms. The fourth-order valence-corrected chi connectivity index (χ4v) is 3.46. The minimum absolute atomic E-state index is 0.0130. The average Bonchev–Trinajstić information content (AvgIpc) is 2.95. The number of rotatable bonds is 4. The van der Waals surface area contributed by atoms with Gasteiger partial charge in [-0.15, -0.1) is 0 Å². The van der Waals surface area contributed by atoms with Gasteiger partial charge in [-0.25, -0.2) is 0 Å². The Bertz CT molecular complexity index is 496. The van der Waals surface area contributed by atoms with Crippen LogP contribution in [0.3, 0.4) is 0 Å². The number of amides is 1. The Balaban J connectivity index is 1.48. The van der Waals surface area contributed by atoms with Gasteiger partial charge in [0.15, 0.2) is 0 Å². The zero-order valence-corrected chi connectivity index (χ0v) is 13.3. The number of carbonyl (C=O) groups is 1. The molecule has 2 aliphatic rings. The average molecular weight is 306 g/mol. The van der Waals surface area contributed by atoms with Gasteiger partial charge < -0.3 is 15.0 Å². The van der Waals surface area contributed by atoms with Crippen LogP contribution >= 0.6 is 0 Å². The fourth-order valence-electron chi connectivity index (χ4n) is 3.46. The molecule has 0 bridgehead atoms. The highest BCUT2D eigenvalue weighted by Crippen LogP contribution is 2.18. The Hall–Kier alpha value is -1.40. The summed E-state index contributed by atoms with van der Waals surface area (Å²) in [7, 11) is 1.82. The second-order valence-electron chi connectivity index (χ2n) is 6.56. The maximum absolute atomic E-state index is 12.2. The van der Waals surface area contributed by atoms with Crippen LogP contribution in [0.4, 0.5) is 0 Å². The lowest BCUT2D eigenvalue weighted by Gasteiger charge is -2.36. The molecule has 2 unspecified atom stereocenters. The lowest BCUT2D eigenvalue weighted by Crippen LogP contribution is -2.49. The number of hydrogen-bond acceptors (Lipinski definition) is 4. The molecule has 22 heavy (non-hydrogen) atoms. The standard InChI is InChI=1S/C16H26N4O2/c1-19-10-14(8-17-19)16(21)18-15-5-2-6-20(11-15)9-13-4-3-7-22-12-13/h8,10,13,15H,2-7,9,11-12H2,1H3,(H,18,21). The maximum Gasteiger partial charge on any atom is 0.254 e. The molecule has 0 aliphatic carbocycles. The van der Waals surface area contributed by atoms with E-state index in [0.29, 0.717) is 11.5 Å². The van der Waals surface area contributed by atoms with E-state index in [1.54, 1.807) is 17.1 Å². The maximum atomic E-state index is 12.2. The van der Waals surface area contributed by atoms with Gasteiger partial charge >= 0.3 is 0 Å². The number of hydrogen-bond donors (Lipinski definition) is 1. The third-order valence-corrected chi connectivity index (χ3v) is 4.58. The van der Waals surface area contributed by atoms with E-state index in [-0.39, 0.29) is 11.9 Å². The molecule has 1 aromatic rings. The summed E-state index contributed by atoms with van der Waals surface area (Å²) in [6, 6.07) is 0.242. The Kier molecular flexibility index (Phi) is 5.10. The Labute approximate surface area is 131 Å². The summed E-state index contributed by atoms with van der Waals surface area (Å²) in [6.07, 6.45) is 8.03. The smallest absolute Gasteiger partial charge is 0.254 e. The van der Waals surface area contributed by atoms with Gasteiger partial charge in [-0.05, 0) is 38.1 Å². The minimum Gasteiger partial charge on any atom is -0.381 e. The number of carbonyl (C=O) groups excluding carboxylic acids is 1. The van der Waals surface area contributed by atoms with Gasteiger partial charge in [0, 0.05) is 39.0 Å². The van der Waals surface area contributed by atoms with Crippen molar-refractivity contribution < 1.29 is 9.53 Å². The van der Waals surface area contributed by atoms with E-state index in [9.17, 15) is 4.79 Å². The molecule has 2 atom stereocenters. The minimum atomic E-state index is -0.0130. The lowest BCUT2D eigenvalue weighted by molar-refractivity contribution is 0.0329. The van der Waals surface area contributed by atoms with E-state index in [4.69, 9.17) is 4.74 Å². The van der Waals surface area contributed by atoms with Gasteiger partial charge in [0.1, 0.15) is 0 Å². The van der Waals surface area contributed by atoms with Gasteiger partial charge in [0.25, 0.3) is 5.91 Å². The van der Waals surface area contributed by atoms with Crippen molar-refractivity contribution in [3.63, 3.8) is 0 Å². The van der Waals surface area contributed by atoms with E-state index >= 15 is 0 Å². The molecule has 0 aromatic carbocycles. The molecular weight excluding hydrogens is 280 g/mol. The number of piperidine rings is 1. The first-order valence-corrected chi connectivity index (χ1v) is 8.30. The van der Waals surface area contributed by atoms with Crippen LogP contribution in [-0.2, 0) is 11.8 Å². The molecule has 0 saturated carbocycles. The lowest BCUT2D eigenvalue weighted by atomic mass is 9.99. The quantitative estimate of drug-likeness (QED) is 0.903. The van der Waals surface area contributed by atoms with Crippen molar-refractivity contribution in [1.29, 1.82) is 0 Å². The number of likely N-dealkylation sites (tertiary alicyclic amines) is 1. The van der Waals surface area contributed by atoms with Crippen LogP contribution in [0.5, 0.6) is 0 Å². The van der Waals surface area contributed by atoms with Crippen LogP contribution in [0.2, 0.25) is 0 Å². The third kappa shape index (κ3) is 4.08. The molecule has 1 aromatic heterocycles. The second kappa shape index (κ2) is 7.24.